The van der Waals surface area contributed by atoms with Crippen LogP contribution in [0.15, 0.2) is 65.8 Å². The van der Waals surface area contributed by atoms with Gasteiger partial charge in [0.15, 0.2) is 11.0 Å². The second kappa shape index (κ2) is 7.50. The van der Waals surface area contributed by atoms with Gasteiger partial charge in [0.2, 0.25) is 0 Å². The molecule has 3 rings (SSSR count). The number of hydrogen-bond donors (Lipinski definition) is 1. The second-order valence-electron chi connectivity index (χ2n) is 5.02. The molecule has 124 valence electrons. The molecule has 0 atom stereocenters. The molecule has 0 saturated carbocycles. The molecule has 2 aromatic carbocycles. The van der Waals surface area contributed by atoms with Crippen molar-refractivity contribution in [3.63, 3.8) is 0 Å². The summed E-state index contributed by atoms with van der Waals surface area (Å²) < 4.78 is 0. The van der Waals surface area contributed by atoms with Crippen LogP contribution in [0.2, 0.25) is 5.15 Å². The molecule has 0 saturated heterocycles. The molecule has 0 spiro atoms. The zero-order valence-electron chi connectivity index (χ0n) is 12.8. The van der Waals surface area contributed by atoms with Gasteiger partial charge < -0.3 is 0 Å². The lowest BCUT2D eigenvalue weighted by Gasteiger charge is -2.05. The number of anilines is 1. The highest BCUT2D eigenvalue weighted by Crippen LogP contribution is 2.27. The Morgan fingerprint density at radius 2 is 1.80 bits per heavy atom. The summed E-state index contributed by atoms with van der Waals surface area (Å²) in [5, 5.41) is 22.8. The molecule has 0 fully saturated rings. The normalized spacial score (nSPS) is 10.8. The van der Waals surface area contributed by atoms with Crippen molar-refractivity contribution in [3.05, 3.63) is 81.5 Å². The molecule has 7 nitrogen and oxygen atoms in total. The number of non-ortho nitro benzene ring substituents is 1. The molecular weight excluding hydrogens is 342 g/mol. The van der Waals surface area contributed by atoms with E-state index in [4.69, 9.17) is 11.6 Å². The maximum Gasteiger partial charge on any atom is 0.269 e. The molecule has 0 aliphatic rings. The van der Waals surface area contributed by atoms with Crippen LogP contribution < -0.4 is 5.43 Å². The van der Waals surface area contributed by atoms with Gasteiger partial charge in [-0.25, -0.2) is 0 Å². The van der Waals surface area contributed by atoms with E-state index in [9.17, 15) is 10.1 Å². The predicted molar refractivity (Wildman–Crippen MR) is 96.8 cm³/mol. The number of nitrogens with one attached hydrogen (secondary N) is 1. The summed E-state index contributed by atoms with van der Waals surface area (Å²) >= 11 is 6.11. The van der Waals surface area contributed by atoms with Crippen LogP contribution >= 0.6 is 11.6 Å². The molecule has 0 amide bonds. The van der Waals surface area contributed by atoms with Crippen LogP contribution in [0.5, 0.6) is 0 Å². The summed E-state index contributed by atoms with van der Waals surface area (Å²) in [7, 11) is 0. The van der Waals surface area contributed by atoms with Gasteiger partial charge in [0.1, 0.15) is 0 Å². The van der Waals surface area contributed by atoms with E-state index in [1.54, 1.807) is 18.2 Å². The van der Waals surface area contributed by atoms with Gasteiger partial charge in [0.05, 0.1) is 11.1 Å². The van der Waals surface area contributed by atoms with Gasteiger partial charge in [0, 0.05) is 17.7 Å². The Morgan fingerprint density at radius 1 is 1.08 bits per heavy atom. The number of hydrazone groups is 1. The highest BCUT2D eigenvalue weighted by molar-refractivity contribution is 6.32. The largest absolute Gasteiger partial charge is 0.269 e. The Balaban J connectivity index is 1.74. The van der Waals surface area contributed by atoms with Crippen molar-refractivity contribution in [3.8, 4) is 11.1 Å². The second-order valence-corrected chi connectivity index (χ2v) is 5.38. The third-order valence-corrected chi connectivity index (χ3v) is 3.61. The average Bonchev–Trinajstić information content (AvgIpc) is 2.64. The number of rotatable bonds is 5. The smallest absolute Gasteiger partial charge is 0.260 e. The highest BCUT2D eigenvalue weighted by atomic mass is 35.5. The van der Waals surface area contributed by atoms with Crippen LogP contribution in [0.4, 0.5) is 11.5 Å². The summed E-state index contributed by atoms with van der Waals surface area (Å²) in [5.74, 6) is 0.432. The molecule has 8 heteroatoms. The number of nitro groups is 1. The third kappa shape index (κ3) is 4.15. The zero-order valence-corrected chi connectivity index (χ0v) is 13.6. The number of nitrogens with zero attached hydrogens (tertiary/aromatic N) is 4. The Kier molecular flexibility index (Phi) is 4.96. The first-order valence-corrected chi connectivity index (χ1v) is 7.63. The van der Waals surface area contributed by atoms with Crippen molar-refractivity contribution in [2.24, 2.45) is 5.10 Å². The molecule has 3 aromatic rings. The lowest BCUT2D eigenvalue weighted by atomic mass is 10.1. The molecule has 0 aliphatic heterocycles. The average molecular weight is 354 g/mol. The summed E-state index contributed by atoms with van der Waals surface area (Å²) in [4.78, 5) is 10.2. The van der Waals surface area contributed by atoms with Crippen molar-refractivity contribution in [2.75, 3.05) is 5.43 Å². The van der Waals surface area contributed by atoms with Crippen molar-refractivity contribution in [1.29, 1.82) is 0 Å². The van der Waals surface area contributed by atoms with Crippen LogP contribution in [0.25, 0.3) is 11.1 Å². The number of aromatic nitrogens is 2. The summed E-state index contributed by atoms with van der Waals surface area (Å²) in [6.07, 6.45) is 1.53. The van der Waals surface area contributed by atoms with E-state index in [0.29, 0.717) is 16.5 Å². The minimum atomic E-state index is -0.451. The first kappa shape index (κ1) is 16.5. The zero-order chi connectivity index (χ0) is 17.6. The molecule has 1 aromatic heterocycles. The molecule has 25 heavy (non-hydrogen) atoms. The monoisotopic (exact) mass is 353 g/mol. The Morgan fingerprint density at radius 3 is 2.48 bits per heavy atom. The maximum absolute atomic E-state index is 10.6. The first-order valence-electron chi connectivity index (χ1n) is 7.25. The highest BCUT2D eigenvalue weighted by Gasteiger charge is 2.07. The van der Waals surface area contributed by atoms with E-state index in [1.165, 1.54) is 18.3 Å². The van der Waals surface area contributed by atoms with Crippen molar-refractivity contribution in [1.82, 2.24) is 10.2 Å². The topological polar surface area (TPSA) is 93.3 Å². The molecule has 0 aliphatic carbocycles. The molecule has 0 unspecified atom stereocenters. The van der Waals surface area contributed by atoms with E-state index >= 15 is 0 Å². The fourth-order valence-electron chi connectivity index (χ4n) is 2.11. The van der Waals surface area contributed by atoms with Crippen LogP contribution in [0, 0.1) is 10.1 Å². The van der Waals surface area contributed by atoms with Gasteiger partial charge >= 0.3 is 0 Å². The van der Waals surface area contributed by atoms with E-state index < -0.39 is 4.92 Å². The van der Waals surface area contributed by atoms with Gasteiger partial charge in [-0.15, -0.1) is 10.2 Å². The Labute approximate surface area is 148 Å². The minimum Gasteiger partial charge on any atom is -0.260 e. The molecule has 0 bridgehead atoms. The summed E-state index contributed by atoms with van der Waals surface area (Å²) in [5.41, 5.74) is 5.17. The fourth-order valence-corrected chi connectivity index (χ4v) is 2.31. The third-order valence-electron chi connectivity index (χ3n) is 3.33. The number of benzene rings is 2. The SMILES string of the molecule is O=[N+]([O-])c1ccc(/C=N/Nc2cc(-c3ccccc3)c(Cl)nn2)cc1. The molecular formula is C17H12ClN5O2. The van der Waals surface area contributed by atoms with Crippen molar-refractivity contribution < 1.29 is 4.92 Å². The first-order chi connectivity index (χ1) is 12.1. The van der Waals surface area contributed by atoms with Gasteiger partial charge in [-0.3, -0.25) is 15.5 Å². The number of halogens is 1. The summed E-state index contributed by atoms with van der Waals surface area (Å²) in [6, 6.07) is 17.4. The molecule has 0 radical (unpaired) electrons. The number of nitro benzene ring substituents is 1. The van der Waals surface area contributed by atoms with E-state index in [0.717, 1.165) is 11.1 Å². The molecule has 1 N–H and O–H groups in total. The van der Waals surface area contributed by atoms with Crippen LogP contribution in [-0.4, -0.2) is 21.3 Å². The van der Waals surface area contributed by atoms with Gasteiger partial charge in [-0.2, -0.15) is 5.10 Å². The standard InChI is InChI=1S/C17H12ClN5O2/c18-17-15(13-4-2-1-3-5-13)10-16(21-22-17)20-19-11-12-6-8-14(9-7-12)23(24)25/h1-11H,(H,20,21)/b19-11+. The number of hydrogen-bond acceptors (Lipinski definition) is 6. The van der Waals surface area contributed by atoms with Crippen molar-refractivity contribution >= 4 is 29.3 Å². The van der Waals surface area contributed by atoms with Crippen LogP contribution in [-0.2, 0) is 0 Å². The van der Waals surface area contributed by atoms with E-state index in [1.807, 2.05) is 30.3 Å². The van der Waals surface area contributed by atoms with Gasteiger partial charge in [0.25, 0.3) is 5.69 Å². The van der Waals surface area contributed by atoms with Crippen LogP contribution in [0.1, 0.15) is 5.56 Å². The summed E-state index contributed by atoms with van der Waals surface area (Å²) in [6.45, 7) is 0. The van der Waals surface area contributed by atoms with Gasteiger partial charge in [-0.1, -0.05) is 41.9 Å². The minimum absolute atomic E-state index is 0.0289. The van der Waals surface area contributed by atoms with E-state index in [2.05, 4.69) is 20.7 Å². The fraction of sp³-hybridized carbons (Fsp3) is 0. The Hall–Kier alpha value is -3.32. The predicted octanol–water partition coefficient (Wildman–Crippen LogP) is 4.15. The quantitative estimate of drug-likeness (QED) is 0.422. The van der Waals surface area contributed by atoms with E-state index in [-0.39, 0.29) is 5.69 Å². The van der Waals surface area contributed by atoms with Gasteiger partial charge in [-0.05, 0) is 29.3 Å². The Bertz CT molecular complexity index is 914. The maximum atomic E-state index is 10.6. The lowest BCUT2D eigenvalue weighted by molar-refractivity contribution is -0.384. The van der Waals surface area contributed by atoms with Crippen LogP contribution in [0.3, 0.4) is 0 Å². The lowest BCUT2D eigenvalue weighted by Crippen LogP contribution is -1.97. The van der Waals surface area contributed by atoms with Crippen molar-refractivity contribution in [2.45, 2.75) is 0 Å². The molecule has 1 heterocycles.